The highest BCUT2D eigenvalue weighted by molar-refractivity contribution is 9.09. The summed E-state index contributed by atoms with van der Waals surface area (Å²) in [5.41, 5.74) is 0. The molecule has 0 aliphatic rings. The van der Waals surface area contributed by atoms with Crippen LogP contribution in [0.3, 0.4) is 0 Å². The number of alkyl halides is 4. The second-order valence-electron chi connectivity index (χ2n) is 2.26. The van der Waals surface area contributed by atoms with E-state index in [1.165, 1.54) is 0 Å². The molecule has 72 valence electrons. The maximum Gasteiger partial charge on any atom is 0.399 e. The van der Waals surface area contributed by atoms with Gasteiger partial charge in [0.2, 0.25) is 0 Å². The van der Waals surface area contributed by atoms with Crippen molar-refractivity contribution < 1.29 is 22.7 Å². The van der Waals surface area contributed by atoms with Gasteiger partial charge in [-0.3, -0.25) is 4.79 Å². The number of hydrogen-bond acceptors (Lipinski definition) is 2. The second kappa shape index (κ2) is 4.69. The summed E-state index contributed by atoms with van der Waals surface area (Å²) in [5, 5.41) is 0. The van der Waals surface area contributed by atoms with E-state index < -0.39 is 18.6 Å². The third-order valence-corrected chi connectivity index (χ3v) is 1.08. The fourth-order valence-corrected chi connectivity index (χ4v) is 0.555. The molecule has 0 aromatic carbocycles. The Hall–Kier alpha value is -0.260. The zero-order chi connectivity index (χ0) is 9.78. The monoisotopic (exact) mass is 248 g/mol. The van der Waals surface area contributed by atoms with Crippen LogP contribution in [0, 0.1) is 0 Å². The predicted molar refractivity (Wildman–Crippen MR) is 40.0 cm³/mol. The maximum atomic E-state index is 11.5. The molecule has 0 aliphatic carbocycles. The molecule has 0 saturated carbocycles. The zero-order valence-corrected chi connectivity index (χ0v) is 7.91. The fourth-order valence-electron chi connectivity index (χ4n) is 0.422. The number of hydrogen-bond donors (Lipinski definition) is 0. The van der Waals surface area contributed by atoms with Crippen LogP contribution in [0.1, 0.15) is 13.3 Å². The lowest BCUT2D eigenvalue weighted by Crippen LogP contribution is -2.19. The molecule has 6 heteroatoms. The molecule has 1 unspecified atom stereocenters. The van der Waals surface area contributed by atoms with Gasteiger partial charge in [-0.25, -0.2) is 0 Å². The molecular formula is C6H8BrF3O2. The van der Waals surface area contributed by atoms with Gasteiger partial charge >= 0.3 is 12.1 Å². The molecule has 0 amide bonds. The number of carbonyl (C=O) groups is 1. The highest BCUT2D eigenvalue weighted by Crippen LogP contribution is 2.19. The number of ether oxygens (including phenoxy) is 1. The van der Waals surface area contributed by atoms with E-state index in [1.807, 2.05) is 0 Å². The van der Waals surface area contributed by atoms with Gasteiger partial charge in [-0.15, -0.1) is 0 Å². The minimum Gasteiger partial charge on any atom is -0.464 e. The standard InChI is InChI=1S/C6H8BrF3O2/c1-4(7)3-12-5(11)2-6(8,9)10/h4H,2-3H2,1H3. The Bertz CT molecular complexity index is 155. The number of esters is 1. The van der Waals surface area contributed by atoms with Crippen molar-refractivity contribution >= 4 is 21.9 Å². The normalized spacial score (nSPS) is 14.1. The summed E-state index contributed by atoms with van der Waals surface area (Å²) in [6, 6.07) is 0. The van der Waals surface area contributed by atoms with Crippen LogP contribution in [0.5, 0.6) is 0 Å². The Morgan fingerprint density at radius 2 is 2.08 bits per heavy atom. The van der Waals surface area contributed by atoms with Gasteiger partial charge in [0.05, 0.1) is 0 Å². The highest BCUT2D eigenvalue weighted by atomic mass is 79.9. The van der Waals surface area contributed by atoms with E-state index in [-0.39, 0.29) is 11.4 Å². The van der Waals surface area contributed by atoms with Gasteiger partial charge in [-0.2, -0.15) is 13.2 Å². The van der Waals surface area contributed by atoms with E-state index in [1.54, 1.807) is 6.92 Å². The summed E-state index contributed by atoms with van der Waals surface area (Å²) in [6.45, 7) is 1.62. The van der Waals surface area contributed by atoms with Crippen molar-refractivity contribution in [2.24, 2.45) is 0 Å². The average Bonchev–Trinajstić information content (AvgIpc) is 1.79. The van der Waals surface area contributed by atoms with Gasteiger partial charge < -0.3 is 4.74 Å². The van der Waals surface area contributed by atoms with Crippen LogP contribution >= 0.6 is 15.9 Å². The Morgan fingerprint density at radius 1 is 1.58 bits per heavy atom. The maximum absolute atomic E-state index is 11.5. The van der Waals surface area contributed by atoms with Crippen LogP contribution in [-0.2, 0) is 9.53 Å². The van der Waals surface area contributed by atoms with Crippen molar-refractivity contribution in [2.45, 2.75) is 24.3 Å². The first kappa shape index (κ1) is 11.7. The van der Waals surface area contributed by atoms with Gasteiger partial charge in [0.15, 0.2) is 0 Å². The molecule has 0 aromatic heterocycles. The third kappa shape index (κ3) is 7.84. The summed E-state index contributed by atoms with van der Waals surface area (Å²) in [7, 11) is 0. The Morgan fingerprint density at radius 3 is 2.42 bits per heavy atom. The Balaban J connectivity index is 3.61. The molecule has 0 spiro atoms. The lowest BCUT2D eigenvalue weighted by atomic mass is 10.4. The van der Waals surface area contributed by atoms with Crippen molar-refractivity contribution in [1.82, 2.24) is 0 Å². The highest BCUT2D eigenvalue weighted by Gasteiger charge is 2.32. The van der Waals surface area contributed by atoms with Gasteiger partial charge in [-0.05, 0) is 6.92 Å². The van der Waals surface area contributed by atoms with Crippen LogP contribution in [0.25, 0.3) is 0 Å². The van der Waals surface area contributed by atoms with Gasteiger partial charge in [0.25, 0.3) is 0 Å². The molecule has 0 aliphatic heterocycles. The Labute approximate surface area is 76.2 Å². The molecule has 0 aromatic rings. The summed E-state index contributed by atoms with van der Waals surface area (Å²) < 4.78 is 38.8. The van der Waals surface area contributed by atoms with Crippen LogP contribution < -0.4 is 0 Å². The topological polar surface area (TPSA) is 26.3 Å². The fraction of sp³-hybridized carbons (Fsp3) is 0.833. The van der Waals surface area contributed by atoms with Gasteiger partial charge in [0, 0.05) is 4.83 Å². The van der Waals surface area contributed by atoms with E-state index in [0.717, 1.165) is 0 Å². The first-order chi connectivity index (χ1) is 5.31. The Kier molecular flexibility index (Phi) is 4.59. The molecule has 0 fully saturated rings. The number of rotatable bonds is 3. The van der Waals surface area contributed by atoms with Crippen molar-refractivity contribution in [3.8, 4) is 0 Å². The minimum atomic E-state index is -4.48. The molecule has 1 atom stereocenters. The van der Waals surface area contributed by atoms with E-state index >= 15 is 0 Å². The lowest BCUT2D eigenvalue weighted by molar-refractivity contribution is -0.171. The van der Waals surface area contributed by atoms with Crippen LogP contribution in [-0.4, -0.2) is 23.6 Å². The average molecular weight is 249 g/mol. The van der Waals surface area contributed by atoms with Crippen LogP contribution in [0.2, 0.25) is 0 Å². The second-order valence-corrected chi connectivity index (χ2v) is 3.82. The first-order valence-corrected chi connectivity index (χ1v) is 4.09. The third-order valence-electron chi connectivity index (χ3n) is 0.819. The molecule has 12 heavy (non-hydrogen) atoms. The molecular weight excluding hydrogens is 241 g/mol. The predicted octanol–water partition coefficient (Wildman–Crippen LogP) is 2.27. The van der Waals surface area contributed by atoms with Crippen LogP contribution in [0.15, 0.2) is 0 Å². The first-order valence-electron chi connectivity index (χ1n) is 3.17. The largest absolute Gasteiger partial charge is 0.464 e. The quantitative estimate of drug-likeness (QED) is 0.566. The minimum absolute atomic E-state index is 0.0467. The molecule has 0 bridgehead atoms. The van der Waals surface area contributed by atoms with Crippen LogP contribution in [0.4, 0.5) is 13.2 Å². The smallest absolute Gasteiger partial charge is 0.399 e. The molecule has 0 rings (SSSR count). The number of halogens is 4. The van der Waals surface area contributed by atoms with Crippen molar-refractivity contribution in [1.29, 1.82) is 0 Å². The molecule has 0 heterocycles. The molecule has 0 radical (unpaired) electrons. The van der Waals surface area contributed by atoms with Crippen molar-refractivity contribution in [2.75, 3.05) is 6.61 Å². The van der Waals surface area contributed by atoms with Gasteiger partial charge in [0.1, 0.15) is 13.0 Å². The lowest BCUT2D eigenvalue weighted by Gasteiger charge is -2.07. The molecule has 0 N–H and O–H groups in total. The summed E-state index contributed by atoms with van der Waals surface area (Å²) in [6.07, 6.45) is -6.00. The number of carbonyl (C=O) groups excluding carboxylic acids is 1. The zero-order valence-electron chi connectivity index (χ0n) is 6.32. The molecule has 0 saturated heterocycles. The van der Waals surface area contributed by atoms with E-state index in [4.69, 9.17) is 0 Å². The summed E-state index contributed by atoms with van der Waals surface area (Å²) in [5.74, 6) is -1.24. The summed E-state index contributed by atoms with van der Waals surface area (Å²) >= 11 is 3.02. The summed E-state index contributed by atoms with van der Waals surface area (Å²) in [4.78, 5) is 10.3. The van der Waals surface area contributed by atoms with Crippen molar-refractivity contribution in [3.05, 3.63) is 0 Å². The van der Waals surface area contributed by atoms with E-state index in [0.29, 0.717) is 0 Å². The van der Waals surface area contributed by atoms with E-state index in [9.17, 15) is 18.0 Å². The van der Waals surface area contributed by atoms with Crippen molar-refractivity contribution in [3.63, 3.8) is 0 Å². The molecule has 2 nitrogen and oxygen atoms in total. The van der Waals surface area contributed by atoms with E-state index in [2.05, 4.69) is 20.7 Å². The van der Waals surface area contributed by atoms with Gasteiger partial charge in [-0.1, -0.05) is 15.9 Å². The SMILES string of the molecule is CC(Br)COC(=O)CC(F)(F)F.